The van der Waals surface area contributed by atoms with E-state index in [1.165, 1.54) is 30.4 Å². The number of rotatable bonds is 5. The van der Waals surface area contributed by atoms with Crippen molar-refractivity contribution in [3.63, 3.8) is 0 Å². The summed E-state index contributed by atoms with van der Waals surface area (Å²) in [6, 6.07) is 8.59. The number of hydrogen-bond acceptors (Lipinski definition) is 2. The number of carbonyl (C=O) groups excluding carboxylic acids is 1. The van der Waals surface area contributed by atoms with Gasteiger partial charge in [-0.05, 0) is 75.2 Å². The molecule has 4 aliphatic carbocycles. The summed E-state index contributed by atoms with van der Waals surface area (Å²) in [5.41, 5.74) is 2.49. The second kappa shape index (κ2) is 6.11. The molecule has 4 fully saturated rings. The minimum atomic E-state index is -0.862. The maximum Gasteiger partial charge on any atom is 0.305 e. The maximum atomic E-state index is 13.2. The van der Waals surface area contributed by atoms with Crippen molar-refractivity contribution in [2.45, 2.75) is 70.3 Å². The first-order valence-corrected chi connectivity index (χ1v) is 9.90. The molecule has 0 saturated heterocycles. The fourth-order valence-electron chi connectivity index (χ4n) is 6.46. The van der Waals surface area contributed by atoms with E-state index in [0.29, 0.717) is 11.8 Å². The van der Waals surface area contributed by atoms with Crippen LogP contribution in [-0.2, 0) is 15.0 Å². The van der Waals surface area contributed by atoms with Crippen molar-refractivity contribution in [1.82, 2.24) is 5.32 Å². The lowest BCUT2D eigenvalue weighted by atomic mass is 9.42. The number of nitrogens with one attached hydrogen (secondary N) is 1. The van der Waals surface area contributed by atoms with E-state index in [-0.39, 0.29) is 29.2 Å². The Labute approximate surface area is 155 Å². The largest absolute Gasteiger partial charge is 0.481 e. The number of hydrogen-bond donors (Lipinski definition) is 2. The summed E-state index contributed by atoms with van der Waals surface area (Å²) in [5, 5.41) is 12.0. The molecule has 1 aromatic rings. The molecule has 0 heterocycles. The lowest BCUT2D eigenvalue weighted by molar-refractivity contribution is -0.150. The highest BCUT2D eigenvalue weighted by atomic mass is 16.4. The third-order valence-electron chi connectivity index (χ3n) is 7.07. The highest BCUT2D eigenvalue weighted by Crippen LogP contribution is 2.65. The first kappa shape index (κ1) is 17.6. The van der Waals surface area contributed by atoms with E-state index >= 15 is 0 Å². The van der Waals surface area contributed by atoms with E-state index in [9.17, 15) is 9.59 Å². The number of carbonyl (C=O) groups is 2. The van der Waals surface area contributed by atoms with Gasteiger partial charge in [-0.1, -0.05) is 29.8 Å². The molecule has 3 unspecified atom stereocenters. The van der Waals surface area contributed by atoms with Crippen molar-refractivity contribution in [2.75, 3.05) is 0 Å². The SMILES string of the molecule is Cc1ccc(C23CC4CC(CC(C(=O)NC(C)CC(=O)O)(C4)C2)C3)cc1. The van der Waals surface area contributed by atoms with Crippen LogP contribution in [0, 0.1) is 24.2 Å². The van der Waals surface area contributed by atoms with Crippen LogP contribution in [-0.4, -0.2) is 23.0 Å². The van der Waals surface area contributed by atoms with Crippen LogP contribution in [0.5, 0.6) is 0 Å². The Morgan fingerprint density at radius 3 is 2.35 bits per heavy atom. The van der Waals surface area contributed by atoms with Gasteiger partial charge >= 0.3 is 5.97 Å². The molecule has 5 rings (SSSR count). The fraction of sp³-hybridized carbons (Fsp3) is 0.636. The summed E-state index contributed by atoms with van der Waals surface area (Å²) < 4.78 is 0. The Hall–Kier alpha value is -1.84. The van der Waals surface area contributed by atoms with Crippen LogP contribution < -0.4 is 5.32 Å². The monoisotopic (exact) mass is 355 g/mol. The van der Waals surface area contributed by atoms with Crippen molar-refractivity contribution in [3.8, 4) is 0 Å². The number of amides is 1. The van der Waals surface area contributed by atoms with E-state index < -0.39 is 5.97 Å². The Bertz CT molecular complexity index is 709. The summed E-state index contributed by atoms with van der Waals surface area (Å²) in [6.45, 7) is 3.91. The van der Waals surface area contributed by atoms with Crippen LogP contribution in [0.15, 0.2) is 24.3 Å². The van der Waals surface area contributed by atoms with Crippen molar-refractivity contribution in [3.05, 3.63) is 35.4 Å². The van der Waals surface area contributed by atoms with Crippen LogP contribution >= 0.6 is 0 Å². The van der Waals surface area contributed by atoms with Gasteiger partial charge in [0.1, 0.15) is 0 Å². The maximum absolute atomic E-state index is 13.2. The summed E-state index contributed by atoms with van der Waals surface area (Å²) >= 11 is 0. The van der Waals surface area contributed by atoms with Crippen LogP contribution in [0.25, 0.3) is 0 Å². The molecule has 0 aliphatic heterocycles. The zero-order valence-corrected chi connectivity index (χ0v) is 15.8. The minimum Gasteiger partial charge on any atom is -0.481 e. The van der Waals surface area contributed by atoms with Crippen molar-refractivity contribution in [1.29, 1.82) is 0 Å². The number of carboxylic acid groups (broad SMARTS) is 1. The van der Waals surface area contributed by atoms with E-state index in [0.717, 1.165) is 19.3 Å². The van der Waals surface area contributed by atoms with Gasteiger partial charge in [0.15, 0.2) is 0 Å². The Balaban J connectivity index is 1.61. The lowest BCUT2D eigenvalue weighted by Crippen LogP contribution is -2.59. The molecular weight excluding hydrogens is 326 g/mol. The van der Waals surface area contributed by atoms with Gasteiger partial charge in [0.2, 0.25) is 5.91 Å². The van der Waals surface area contributed by atoms with Crippen molar-refractivity contribution >= 4 is 11.9 Å². The minimum absolute atomic E-state index is 0.0161. The average molecular weight is 355 g/mol. The van der Waals surface area contributed by atoms with Crippen LogP contribution in [0.3, 0.4) is 0 Å². The van der Waals surface area contributed by atoms with Gasteiger partial charge in [-0.2, -0.15) is 0 Å². The zero-order chi connectivity index (χ0) is 18.5. The molecule has 4 nitrogen and oxygen atoms in total. The lowest BCUT2D eigenvalue weighted by Gasteiger charge is -2.61. The van der Waals surface area contributed by atoms with Crippen LogP contribution in [0.1, 0.15) is 63.0 Å². The van der Waals surface area contributed by atoms with Gasteiger partial charge in [-0.15, -0.1) is 0 Å². The molecule has 1 amide bonds. The van der Waals surface area contributed by atoms with E-state index in [2.05, 4.69) is 36.5 Å². The molecule has 26 heavy (non-hydrogen) atoms. The normalized spacial score (nSPS) is 35.9. The van der Waals surface area contributed by atoms with Gasteiger partial charge in [-0.25, -0.2) is 0 Å². The number of aliphatic carboxylic acids is 1. The molecule has 4 aliphatic rings. The molecule has 1 aromatic carbocycles. The second-order valence-electron chi connectivity index (χ2n) is 9.36. The molecular formula is C22H29NO3. The molecule has 4 bridgehead atoms. The van der Waals surface area contributed by atoms with Crippen molar-refractivity contribution in [2.24, 2.45) is 17.3 Å². The third kappa shape index (κ3) is 2.93. The average Bonchev–Trinajstić information content (AvgIpc) is 2.53. The predicted octanol–water partition coefficient (Wildman–Crippen LogP) is 3.81. The highest BCUT2D eigenvalue weighted by molar-refractivity contribution is 5.84. The smallest absolute Gasteiger partial charge is 0.305 e. The van der Waals surface area contributed by atoms with Crippen LogP contribution in [0.2, 0.25) is 0 Å². The molecule has 2 N–H and O–H groups in total. The molecule has 140 valence electrons. The second-order valence-corrected chi connectivity index (χ2v) is 9.36. The van der Waals surface area contributed by atoms with E-state index in [1.54, 1.807) is 6.92 Å². The summed E-state index contributed by atoms with van der Waals surface area (Å²) in [5.74, 6) is 0.479. The van der Waals surface area contributed by atoms with Gasteiger partial charge in [-0.3, -0.25) is 9.59 Å². The first-order valence-electron chi connectivity index (χ1n) is 9.90. The zero-order valence-electron chi connectivity index (χ0n) is 15.8. The standard InChI is InChI=1S/C22H29NO3/c1-14-3-5-18(6-4-14)21-9-16-8-17(10-21)12-22(11-16,13-21)20(26)23-15(2)7-19(24)25/h3-6,15-17H,7-13H2,1-2H3,(H,23,26)(H,24,25). The molecule has 0 aromatic heterocycles. The highest BCUT2D eigenvalue weighted by Gasteiger charge is 2.60. The number of aryl methyl sites for hydroxylation is 1. The van der Waals surface area contributed by atoms with Gasteiger partial charge in [0, 0.05) is 6.04 Å². The molecule has 4 heteroatoms. The summed E-state index contributed by atoms with van der Waals surface area (Å²) in [6.07, 6.45) is 6.51. The number of carboxylic acids is 1. The Morgan fingerprint density at radius 1 is 1.15 bits per heavy atom. The first-order chi connectivity index (χ1) is 12.3. The van der Waals surface area contributed by atoms with E-state index in [1.807, 2.05) is 0 Å². The third-order valence-corrected chi connectivity index (χ3v) is 7.07. The van der Waals surface area contributed by atoms with E-state index in [4.69, 9.17) is 5.11 Å². The molecule has 4 saturated carbocycles. The van der Waals surface area contributed by atoms with Gasteiger partial charge < -0.3 is 10.4 Å². The quantitative estimate of drug-likeness (QED) is 0.844. The topological polar surface area (TPSA) is 66.4 Å². The molecule has 3 atom stereocenters. The summed E-state index contributed by atoms with van der Waals surface area (Å²) in [4.78, 5) is 24.2. The Kier molecular flexibility index (Phi) is 4.13. The van der Waals surface area contributed by atoms with Gasteiger partial charge in [0.05, 0.1) is 11.8 Å². The number of benzene rings is 1. The van der Waals surface area contributed by atoms with Gasteiger partial charge in [0.25, 0.3) is 0 Å². The van der Waals surface area contributed by atoms with Crippen molar-refractivity contribution < 1.29 is 14.7 Å². The Morgan fingerprint density at radius 2 is 1.77 bits per heavy atom. The van der Waals surface area contributed by atoms with Crippen LogP contribution in [0.4, 0.5) is 0 Å². The molecule has 0 radical (unpaired) electrons. The summed E-state index contributed by atoms with van der Waals surface area (Å²) in [7, 11) is 0. The predicted molar refractivity (Wildman–Crippen MR) is 99.8 cm³/mol. The molecule has 0 spiro atoms. The fourth-order valence-corrected chi connectivity index (χ4v) is 6.46.